The molecular weight excluding hydrogens is 484 g/mol. The van der Waals surface area contributed by atoms with E-state index in [1.54, 1.807) is 19.9 Å². The first-order valence-corrected chi connectivity index (χ1v) is 12.8. The van der Waals surface area contributed by atoms with E-state index in [0.29, 0.717) is 17.7 Å². The van der Waals surface area contributed by atoms with Crippen molar-refractivity contribution in [2.75, 3.05) is 12.4 Å². The number of nitrogens with zero attached hydrogens (tertiary/aromatic N) is 1. The van der Waals surface area contributed by atoms with E-state index in [-0.39, 0.29) is 17.9 Å². The van der Waals surface area contributed by atoms with Gasteiger partial charge in [0.05, 0.1) is 12.0 Å². The van der Waals surface area contributed by atoms with Crippen molar-refractivity contribution < 1.29 is 33.4 Å². The summed E-state index contributed by atoms with van der Waals surface area (Å²) in [5.74, 6) is -1.88. The summed E-state index contributed by atoms with van der Waals surface area (Å²) >= 11 is 0.993. The second-order valence-electron chi connectivity index (χ2n) is 8.53. The molecule has 3 rings (SSSR count). The van der Waals surface area contributed by atoms with Crippen molar-refractivity contribution in [3.05, 3.63) is 59.4 Å². The maximum absolute atomic E-state index is 13.1. The number of aromatic nitrogens is 1. The summed E-state index contributed by atoms with van der Waals surface area (Å²) in [4.78, 5) is 54.8. The van der Waals surface area contributed by atoms with Crippen LogP contribution in [0.4, 0.5) is 4.79 Å². The highest BCUT2D eigenvalue weighted by Gasteiger charge is 2.33. The van der Waals surface area contributed by atoms with Gasteiger partial charge in [-0.25, -0.2) is 14.6 Å². The van der Waals surface area contributed by atoms with E-state index in [9.17, 15) is 19.2 Å². The van der Waals surface area contributed by atoms with Crippen LogP contribution in [0.3, 0.4) is 0 Å². The number of hydrogen-bond acceptors (Lipinski definition) is 9. The molecule has 0 spiro atoms. The van der Waals surface area contributed by atoms with Crippen molar-refractivity contribution in [2.45, 2.75) is 52.2 Å². The van der Waals surface area contributed by atoms with E-state index in [1.807, 2.05) is 37.3 Å². The fourth-order valence-corrected chi connectivity index (χ4v) is 4.22. The lowest BCUT2D eigenvalue weighted by Crippen LogP contribution is -2.46. The fraction of sp³-hybridized carbons (Fsp3) is 0.423. The first-order valence-electron chi connectivity index (χ1n) is 11.8. The van der Waals surface area contributed by atoms with Crippen LogP contribution in [0.1, 0.15) is 48.3 Å². The van der Waals surface area contributed by atoms with E-state index >= 15 is 0 Å². The van der Waals surface area contributed by atoms with Crippen molar-refractivity contribution in [2.24, 2.45) is 5.92 Å². The number of thioether (sulfide) groups is 1. The quantitative estimate of drug-likeness (QED) is 0.549. The Hall–Kier alpha value is -3.40. The second-order valence-corrected chi connectivity index (χ2v) is 9.56. The molecule has 1 fully saturated rings. The van der Waals surface area contributed by atoms with Gasteiger partial charge in [-0.1, -0.05) is 37.3 Å². The number of amides is 1. The van der Waals surface area contributed by atoms with Gasteiger partial charge in [0.2, 0.25) is 0 Å². The van der Waals surface area contributed by atoms with Crippen LogP contribution in [0.5, 0.6) is 5.75 Å². The van der Waals surface area contributed by atoms with Gasteiger partial charge in [-0.15, -0.1) is 0 Å². The molecule has 0 aliphatic carbocycles. The van der Waals surface area contributed by atoms with Gasteiger partial charge in [-0.05, 0) is 62.1 Å². The maximum Gasteiger partial charge on any atom is 0.372 e. The number of rotatable bonds is 7. The van der Waals surface area contributed by atoms with Gasteiger partial charge >= 0.3 is 17.2 Å². The van der Waals surface area contributed by atoms with Crippen LogP contribution < -0.4 is 10.1 Å². The van der Waals surface area contributed by atoms with Crippen molar-refractivity contribution in [3.8, 4) is 5.75 Å². The van der Waals surface area contributed by atoms with Gasteiger partial charge in [-0.2, -0.15) is 0 Å². The second kappa shape index (κ2) is 13.1. The molecule has 0 saturated carbocycles. The summed E-state index contributed by atoms with van der Waals surface area (Å²) in [5, 5.41) is 1.96. The minimum atomic E-state index is -1.25. The zero-order chi connectivity index (χ0) is 26.1. The monoisotopic (exact) mass is 514 g/mol. The maximum atomic E-state index is 13.1. The third-order valence-corrected chi connectivity index (χ3v) is 6.43. The van der Waals surface area contributed by atoms with Gasteiger partial charge in [0.25, 0.3) is 5.91 Å². The number of hydrogen-bond donors (Lipinski definition) is 1. The van der Waals surface area contributed by atoms with E-state index < -0.39 is 47.8 Å². The topological polar surface area (TPSA) is 121 Å². The molecule has 10 heteroatoms. The molecule has 0 bridgehead atoms. The lowest BCUT2D eigenvalue weighted by atomic mass is 9.94. The van der Waals surface area contributed by atoms with Gasteiger partial charge in [0.1, 0.15) is 6.61 Å². The first-order chi connectivity index (χ1) is 17.3. The van der Waals surface area contributed by atoms with Crippen LogP contribution >= 0.6 is 11.8 Å². The summed E-state index contributed by atoms with van der Waals surface area (Å²) in [6, 6.07) is 9.85. The molecule has 3 atom stereocenters. The summed E-state index contributed by atoms with van der Waals surface area (Å²) in [7, 11) is 0. The molecule has 1 aliphatic rings. The third-order valence-electron chi connectivity index (χ3n) is 5.50. The minimum Gasteiger partial charge on any atom is -0.463 e. The molecule has 1 N–H and O–H groups in total. The zero-order valence-electron chi connectivity index (χ0n) is 20.5. The van der Waals surface area contributed by atoms with Crippen molar-refractivity contribution >= 4 is 34.9 Å². The van der Waals surface area contributed by atoms with Gasteiger partial charge in [0, 0.05) is 11.9 Å². The Balaban J connectivity index is 1.73. The smallest absolute Gasteiger partial charge is 0.372 e. The molecule has 0 radical (unpaired) electrons. The van der Waals surface area contributed by atoms with Crippen LogP contribution in [0.15, 0.2) is 42.6 Å². The van der Waals surface area contributed by atoms with Crippen molar-refractivity contribution in [1.29, 1.82) is 0 Å². The molecule has 36 heavy (non-hydrogen) atoms. The molecule has 1 aromatic heterocycles. The Kier molecular flexibility index (Phi) is 9.86. The third kappa shape index (κ3) is 7.55. The lowest BCUT2D eigenvalue weighted by molar-refractivity contribution is -0.152. The molecule has 1 aliphatic heterocycles. The fourth-order valence-electron chi connectivity index (χ4n) is 3.70. The Morgan fingerprint density at radius 3 is 2.64 bits per heavy atom. The summed E-state index contributed by atoms with van der Waals surface area (Å²) in [5.41, 5.74) is 1.34. The largest absolute Gasteiger partial charge is 0.463 e. The molecule has 1 saturated heterocycles. The number of pyridine rings is 1. The Bertz CT molecular complexity index is 1090. The molecule has 1 amide bonds. The average Bonchev–Trinajstić information content (AvgIpc) is 2.89. The predicted octanol–water partition coefficient (Wildman–Crippen LogP) is 3.87. The number of carbonyl (C=O) groups is 4. The van der Waals surface area contributed by atoms with Gasteiger partial charge in [-0.3, -0.25) is 9.59 Å². The van der Waals surface area contributed by atoms with Gasteiger partial charge in [0.15, 0.2) is 17.5 Å². The summed E-state index contributed by atoms with van der Waals surface area (Å²) < 4.78 is 16.3. The van der Waals surface area contributed by atoms with E-state index in [4.69, 9.17) is 14.2 Å². The number of cyclic esters (lactones) is 2. The van der Waals surface area contributed by atoms with E-state index in [2.05, 4.69) is 10.3 Å². The summed E-state index contributed by atoms with van der Waals surface area (Å²) in [6.07, 6.45) is 2.34. The summed E-state index contributed by atoms with van der Waals surface area (Å²) in [6.45, 7) is 4.91. The van der Waals surface area contributed by atoms with Crippen molar-refractivity contribution in [3.63, 3.8) is 0 Å². The van der Waals surface area contributed by atoms with Crippen LogP contribution in [0, 0.1) is 12.8 Å². The first kappa shape index (κ1) is 27.2. The normalized spacial score (nSPS) is 20.2. The SMILES string of the molecule is CCCSC(=O)Oc1c(C)ccnc1C(=O)N[C@H]1COC(=O)[C@H](Cc2ccccc2)CC(C)OC1=O. The molecular formula is C26H30N2O7S. The van der Waals surface area contributed by atoms with Crippen LogP contribution in [0.2, 0.25) is 0 Å². The highest BCUT2D eigenvalue weighted by Crippen LogP contribution is 2.25. The highest BCUT2D eigenvalue weighted by molar-refractivity contribution is 8.13. The number of carbonyl (C=O) groups excluding carboxylic acids is 4. The number of ether oxygens (including phenoxy) is 3. The van der Waals surface area contributed by atoms with Crippen LogP contribution in [-0.4, -0.2) is 52.6 Å². The lowest BCUT2D eigenvalue weighted by Gasteiger charge is -2.19. The number of esters is 2. The number of nitrogens with one attached hydrogen (secondary N) is 1. The van der Waals surface area contributed by atoms with E-state index in [0.717, 1.165) is 23.7 Å². The predicted molar refractivity (Wildman–Crippen MR) is 134 cm³/mol. The average molecular weight is 515 g/mol. The highest BCUT2D eigenvalue weighted by atomic mass is 32.2. The van der Waals surface area contributed by atoms with Crippen LogP contribution in [0.25, 0.3) is 0 Å². The minimum absolute atomic E-state index is 0.00771. The Morgan fingerprint density at radius 1 is 1.17 bits per heavy atom. The molecule has 192 valence electrons. The Morgan fingerprint density at radius 2 is 1.92 bits per heavy atom. The molecule has 1 unspecified atom stereocenters. The number of benzene rings is 1. The van der Waals surface area contributed by atoms with Crippen LogP contribution in [-0.2, 0) is 25.5 Å². The number of aryl methyl sites for hydroxylation is 1. The van der Waals surface area contributed by atoms with Gasteiger partial charge < -0.3 is 19.5 Å². The standard InChI is InChI=1S/C26H30N2O7S/c1-4-12-36-26(32)35-22-16(2)10-11-27-21(22)23(29)28-20-15-33-24(30)19(13-17(3)34-25(20)31)14-18-8-6-5-7-9-18/h5-11,17,19-20H,4,12-15H2,1-3H3,(H,28,29)/t17?,19-,20-/m0/s1. The molecule has 2 aromatic rings. The molecule has 2 heterocycles. The van der Waals surface area contributed by atoms with Crippen molar-refractivity contribution in [1.82, 2.24) is 10.3 Å². The molecule has 1 aromatic carbocycles. The molecule has 9 nitrogen and oxygen atoms in total. The zero-order valence-corrected chi connectivity index (χ0v) is 21.3. The Labute approximate surface area is 214 Å². The van der Waals surface area contributed by atoms with E-state index in [1.165, 1.54) is 6.20 Å².